The molecule has 0 aliphatic rings. The maximum atomic E-state index is 12.7. The van der Waals surface area contributed by atoms with Crippen molar-refractivity contribution in [1.29, 1.82) is 0 Å². The van der Waals surface area contributed by atoms with Gasteiger partial charge in [-0.15, -0.1) is 0 Å². The summed E-state index contributed by atoms with van der Waals surface area (Å²) in [5.74, 6) is -0.0973. The van der Waals surface area contributed by atoms with Crippen LogP contribution in [-0.2, 0) is 16.0 Å². The number of hydrogen-bond acceptors (Lipinski definition) is 7. The first kappa shape index (κ1) is 24.0. The molecule has 3 rings (SSSR count). The minimum absolute atomic E-state index is 0.157. The number of halogens is 4. The number of nitrogens with one attached hydrogen (secondary N) is 1. The molecule has 172 valence electrons. The summed E-state index contributed by atoms with van der Waals surface area (Å²) in [7, 11) is -4.37. The van der Waals surface area contributed by atoms with E-state index in [4.69, 9.17) is 16.3 Å². The van der Waals surface area contributed by atoms with Crippen molar-refractivity contribution in [2.75, 3.05) is 5.32 Å². The van der Waals surface area contributed by atoms with Gasteiger partial charge in [0.05, 0.1) is 21.6 Å². The summed E-state index contributed by atoms with van der Waals surface area (Å²) in [4.78, 5) is 13.6. The van der Waals surface area contributed by atoms with Gasteiger partial charge in [-0.3, -0.25) is 10.1 Å². The van der Waals surface area contributed by atoms with Crippen LogP contribution in [0.2, 0.25) is 5.02 Å². The van der Waals surface area contributed by atoms with E-state index in [1.54, 1.807) is 6.07 Å². The summed E-state index contributed by atoms with van der Waals surface area (Å²) >= 11 is 5.80. The molecule has 0 atom stereocenters. The minimum Gasteiger partial charge on any atom is -0.438 e. The maximum Gasteiger partial charge on any atom is 0.417 e. The highest BCUT2D eigenvalue weighted by Crippen LogP contribution is 2.34. The van der Waals surface area contributed by atoms with Crippen molar-refractivity contribution in [3.05, 3.63) is 98.8 Å². The van der Waals surface area contributed by atoms with Crippen molar-refractivity contribution in [2.24, 2.45) is 0 Å². The van der Waals surface area contributed by atoms with Crippen LogP contribution in [0.15, 0.2) is 83.0 Å². The minimum atomic E-state index is -4.60. The zero-order valence-corrected chi connectivity index (χ0v) is 17.9. The van der Waals surface area contributed by atoms with E-state index < -0.39 is 31.5 Å². The lowest BCUT2D eigenvalue weighted by Gasteiger charge is -2.10. The highest BCUT2D eigenvalue weighted by molar-refractivity contribution is 7.95. The number of alkyl halides is 3. The second-order valence-corrected chi connectivity index (χ2v) is 8.64. The van der Waals surface area contributed by atoms with Crippen LogP contribution in [0, 0.1) is 10.1 Å². The van der Waals surface area contributed by atoms with Crippen molar-refractivity contribution in [3.8, 4) is 11.6 Å². The standard InChI is InChI=1S/C20H13ClF3N3O5S/c21-17-10-13(20(22,23)24)11-26-19(17)32-15-8-6-14(7-9-15)25-12-18(27(28)29)33(30,31)16-4-2-1-3-5-16/h1-12,25H. The first-order chi connectivity index (χ1) is 15.5. The summed E-state index contributed by atoms with van der Waals surface area (Å²) in [6.07, 6.45) is -3.28. The molecular formula is C20H13ClF3N3O5S. The summed E-state index contributed by atoms with van der Waals surface area (Å²) in [6, 6.07) is 13.2. The highest BCUT2D eigenvalue weighted by Gasteiger charge is 2.32. The van der Waals surface area contributed by atoms with Gasteiger partial charge in [-0.05, 0) is 42.5 Å². The summed E-state index contributed by atoms with van der Waals surface area (Å²) in [5.41, 5.74) is -0.755. The van der Waals surface area contributed by atoms with E-state index in [1.807, 2.05) is 0 Å². The molecule has 1 heterocycles. The van der Waals surface area contributed by atoms with Crippen molar-refractivity contribution >= 4 is 27.1 Å². The predicted molar refractivity (Wildman–Crippen MR) is 113 cm³/mol. The van der Waals surface area contributed by atoms with Crippen LogP contribution in [0.4, 0.5) is 18.9 Å². The number of benzene rings is 2. The van der Waals surface area contributed by atoms with E-state index in [0.29, 0.717) is 12.3 Å². The Bertz CT molecular complexity index is 1300. The van der Waals surface area contributed by atoms with Crippen molar-refractivity contribution in [2.45, 2.75) is 11.1 Å². The average Bonchev–Trinajstić information content (AvgIpc) is 2.76. The van der Waals surface area contributed by atoms with E-state index in [-0.39, 0.29) is 27.2 Å². The van der Waals surface area contributed by atoms with Crippen LogP contribution in [0.1, 0.15) is 5.56 Å². The first-order valence-corrected chi connectivity index (χ1v) is 10.8. The third-order valence-corrected chi connectivity index (χ3v) is 6.06. The summed E-state index contributed by atoms with van der Waals surface area (Å²) < 4.78 is 68.4. The van der Waals surface area contributed by atoms with Gasteiger partial charge in [0.15, 0.2) is 0 Å². The van der Waals surface area contributed by atoms with E-state index in [0.717, 1.165) is 6.20 Å². The zero-order chi connectivity index (χ0) is 24.2. The molecule has 0 saturated carbocycles. The molecule has 0 bridgehead atoms. The first-order valence-electron chi connectivity index (χ1n) is 8.90. The van der Waals surface area contributed by atoms with Crippen LogP contribution in [0.5, 0.6) is 11.6 Å². The van der Waals surface area contributed by atoms with Gasteiger partial charge in [0.2, 0.25) is 5.88 Å². The third-order valence-electron chi connectivity index (χ3n) is 4.07. The Labute approximate surface area is 190 Å². The normalized spacial score (nSPS) is 12.3. The van der Waals surface area contributed by atoms with Gasteiger partial charge in [-0.25, -0.2) is 13.4 Å². The maximum absolute atomic E-state index is 12.7. The van der Waals surface area contributed by atoms with Crippen molar-refractivity contribution in [1.82, 2.24) is 4.98 Å². The van der Waals surface area contributed by atoms with Gasteiger partial charge < -0.3 is 10.1 Å². The molecule has 8 nitrogen and oxygen atoms in total. The summed E-state index contributed by atoms with van der Waals surface area (Å²) in [6.45, 7) is 0. The fraction of sp³-hybridized carbons (Fsp3) is 0.0500. The molecule has 13 heteroatoms. The quantitative estimate of drug-likeness (QED) is 0.337. The smallest absolute Gasteiger partial charge is 0.417 e. The predicted octanol–water partition coefficient (Wildman–Crippen LogP) is 5.51. The van der Waals surface area contributed by atoms with Gasteiger partial charge in [0.25, 0.3) is 9.84 Å². The van der Waals surface area contributed by atoms with Gasteiger partial charge in [-0.2, -0.15) is 13.2 Å². The fourth-order valence-corrected chi connectivity index (χ4v) is 3.85. The Morgan fingerprint density at radius 3 is 2.30 bits per heavy atom. The third kappa shape index (κ3) is 5.79. The number of nitro groups is 1. The average molecular weight is 500 g/mol. The second kappa shape index (κ2) is 9.46. The number of anilines is 1. The molecule has 0 spiro atoms. The lowest BCUT2D eigenvalue weighted by molar-refractivity contribution is -0.411. The molecule has 0 amide bonds. The van der Waals surface area contributed by atoms with Crippen LogP contribution in [0.3, 0.4) is 0 Å². The van der Waals surface area contributed by atoms with Gasteiger partial charge >= 0.3 is 11.2 Å². The van der Waals surface area contributed by atoms with Crippen LogP contribution >= 0.6 is 11.6 Å². The number of hydrogen-bond donors (Lipinski definition) is 1. The van der Waals surface area contributed by atoms with E-state index >= 15 is 0 Å². The highest BCUT2D eigenvalue weighted by atomic mass is 35.5. The van der Waals surface area contributed by atoms with Crippen molar-refractivity contribution < 1.29 is 31.2 Å². The largest absolute Gasteiger partial charge is 0.438 e. The number of rotatable bonds is 7. The van der Waals surface area contributed by atoms with Crippen LogP contribution < -0.4 is 10.1 Å². The van der Waals surface area contributed by atoms with Gasteiger partial charge in [0.1, 0.15) is 10.8 Å². The molecule has 1 aromatic heterocycles. The molecule has 0 saturated heterocycles. The fourth-order valence-electron chi connectivity index (χ4n) is 2.48. The molecule has 33 heavy (non-hydrogen) atoms. The van der Waals surface area contributed by atoms with Gasteiger partial charge in [-0.1, -0.05) is 29.8 Å². The zero-order valence-electron chi connectivity index (χ0n) is 16.3. The number of pyridine rings is 1. The van der Waals surface area contributed by atoms with Crippen LogP contribution in [0.25, 0.3) is 0 Å². The molecule has 0 aliphatic carbocycles. The summed E-state index contributed by atoms with van der Waals surface area (Å²) in [5, 5.41) is 12.4. The topological polar surface area (TPSA) is 111 Å². The van der Waals surface area contributed by atoms with E-state index in [2.05, 4.69) is 10.3 Å². The molecule has 2 aromatic carbocycles. The monoisotopic (exact) mass is 499 g/mol. The Morgan fingerprint density at radius 1 is 1.12 bits per heavy atom. The number of sulfone groups is 1. The Morgan fingerprint density at radius 2 is 1.76 bits per heavy atom. The molecule has 0 fully saturated rings. The SMILES string of the molecule is O=[N+]([O-])C(=CNc1ccc(Oc2ncc(C(F)(F)F)cc2Cl)cc1)S(=O)(=O)c1ccccc1. The molecule has 0 unspecified atom stereocenters. The molecule has 1 N–H and O–H groups in total. The van der Waals surface area contributed by atoms with E-state index in [1.165, 1.54) is 48.5 Å². The number of aromatic nitrogens is 1. The molecular weight excluding hydrogens is 487 g/mol. The Hall–Kier alpha value is -3.64. The van der Waals surface area contributed by atoms with Gasteiger partial charge in [0, 0.05) is 11.9 Å². The van der Waals surface area contributed by atoms with Crippen molar-refractivity contribution in [3.63, 3.8) is 0 Å². The lowest BCUT2D eigenvalue weighted by Crippen LogP contribution is -2.14. The number of ether oxygens (including phenoxy) is 1. The lowest BCUT2D eigenvalue weighted by atomic mass is 10.3. The van der Waals surface area contributed by atoms with E-state index in [9.17, 15) is 31.7 Å². The Balaban J connectivity index is 1.76. The molecule has 0 radical (unpaired) electrons. The number of nitrogens with zero attached hydrogens (tertiary/aromatic N) is 2. The second-order valence-electron chi connectivity index (χ2n) is 6.34. The Kier molecular flexibility index (Phi) is 6.89. The van der Waals surface area contributed by atoms with Crippen LogP contribution in [-0.4, -0.2) is 18.3 Å². The molecule has 3 aromatic rings. The molecule has 0 aliphatic heterocycles.